The van der Waals surface area contributed by atoms with Gasteiger partial charge < -0.3 is 20.0 Å². The summed E-state index contributed by atoms with van der Waals surface area (Å²) in [5.74, 6) is 0.0589. The zero-order valence-electron chi connectivity index (χ0n) is 14.5. The largest absolute Gasteiger partial charge is 0.459 e. The van der Waals surface area contributed by atoms with Gasteiger partial charge in [-0.25, -0.2) is 4.98 Å². The molecule has 27 heavy (non-hydrogen) atoms. The fraction of sp³-hybridized carbons (Fsp3) is 0.211. The van der Waals surface area contributed by atoms with Gasteiger partial charge in [0.25, 0.3) is 11.8 Å². The van der Waals surface area contributed by atoms with E-state index in [1.165, 1.54) is 17.6 Å². The van der Waals surface area contributed by atoms with Gasteiger partial charge in [-0.1, -0.05) is 41.7 Å². The van der Waals surface area contributed by atoms with Gasteiger partial charge >= 0.3 is 0 Å². The average Bonchev–Trinajstić information content (AvgIpc) is 3.37. The van der Waals surface area contributed by atoms with Crippen molar-refractivity contribution in [3.05, 3.63) is 59.4 Å². The summed E-state index contributed by atoms with van der Waals surface area (Å²) in [6.07, 6.45) is 1.48. The highest BCUT2D eigenvalue weighted by atomic mass is 32.1. The smallest absolute Gasteiger partial charge is 0.289 e. The number of nitrogen functional groups attached to an aromatic ring is 1. The molecule has 1 fully saturated rings. The molecule has 0 unspecified atom stereocenters. The van der Waals surface area contributed by atoms with Gasteiger partial charge in [-0.05, 0) is 12.1 Å². The summed E-state index contributed by atoms with van der Waals surface area (Å²) in [6, 6.07) is 12.9. The number of nitrogens with zero attached hydrogens (tertiary/aromatic N) is 3. The number of nitrogens with two attached hydrogens (primary N) is 1. The van der Waals surface area contributed by atoms with Crippen LogP contribution in [-0.2, 0) is 0 Å². The molecular weight excluding hydrogens is 364 g/mol. The van der Waals surface area contributed by atoms with Crippen LogP contribution in [0.3, 0.4) is 0 Å². The highest BCUT2D eigenvalue weighted by molar-refractivity contribution is 7.17. The number of amides is 2. The van der Waals surface area contributed by atoms with Gasteiger partial charge in [0.15, 0.2) is 10.9 Å². The Balaban J connectivity index is 1.48. The number of carbonyl (C=O) groups is 2. The second-order valence-electron chi connectivity index (χ2n) is 6.16. The molecule has 2 amide bonds. The van der Waals surface area contributed by atoms with Gasteiger partial charge in [0.05, 0.1) is 12.0 Å². The number of hydrogen-bond acceptors (Lipinski definition) is 6. The molecule has 0 atom stereocenters. The van der Waals surface area contributed by atoms with Crippen LogP contribution in [0, 0.1) is 0 Å². The van der Waals surface area contributed by atoms with Crippen LogP contribution in [0.2, 0.25) is 0 Å². The molecule has 0 aliphatic carbocycles. The molecule has 0 bridgehead atoms. The second kappa shape index (κ2) is 7.24. The van der Waals surface area contributed by atoms with Gasteiger partial charge in [-0.15, -0.1) is 0 Å². The quantitative estimate of drug-likeness (QED) is 0.752. The van der Waals surface area contributed by atoms with Crippen LogP contribution in [0.1, 0.15) is 20.2 Å². The van der Waals surface area contributed by atoms with Crippen molar-refractivity contribution in [2.75, 3.05) is 31.9 Å². The lowest BCUT2D eigenvalue weighted by molar-refractivity contribution is 0.0521. The topological polar surface area (TPSA) is 92.7 Å². The van der Waals surface area contributed by atoms with Gasteiger partial charge in [-0.2, -0.15) is 0 Å². The Bertz CT molecular complexity index is 945. The zero-order valence-corrected chi connectivity index (χ0v) is 15.3. The molecule has 138 valence electrons. The number of rotatable bonds is 3. The predicted octanol–water partition coefficient (Wildman–Crippen LogP) is 2.58. The van der Waals surface area contributed by atoms with Crippen LogP contribution >= 0.6 is 11.3 Å². The normalized spacial score (nSPS) is 14.4. The molecule has 2 N–H and O–H groups in total. The second-order valence-corrected chi connectivity index (χ2v) is 7.19. The van der Waals surface area contributed by atoms with Crippen LogP contribution < -0.4 is 5.73 Å². The third-order valence-electron chi connectivity index (χ3n) is 4.47. The Morgan fingerprint density at radius 1 is 0.963 bits per heavy atom. The lowest BCUT2D eigenvalue weighted by Gasteiger charge is -2.34. The van der Waals surface area contributed by atoms with Crippen LogP contribution in [0.5, 0.6) is 0 Å². The summed E-state index contributed by atoms with van der Waals surface area (Å²) in [5, 5.41) is 0.365. The van der Waals surface area contributed by atoms with Crippen molar-refractivity contribution in [2.45, 2.75) is 0 Å². The predicted molar refractivity (Wildman–Crippen MR) is 102 cm³/mol. The molecule has 2 aromatic heterocycles. The van der Waals surface area contributed by atoms with E-state index in [1.54, 1.807) is 21.9 Å². The minimum atomic E-state index is -0.154. The van der Waals surface area contributed by atoms with Crippen molar-refractivity contribution in [1.82, 2.24) is 14.8 Å². The average molecular weight is 382 g/mol. The molecule has 8 heteroatoms. The first-order valence-electron chi connectivity index (χ1n) is 8.57. The van der Waals surface area contributed by atoms with Gasteiger partial charge in [-0.3, -0.25) is 9.59 Å². The van der Waals surface area contributed by atoms with Gasteiger partial charge in [0.1, 0.15) is 4.88 Å². The van der Waals surface area contributed by atoms with Crippen molar-refractivity contribution < 1.29 is 14.0 Å². The maximum absolute atomic E-state index is 13.0. The maximum atomic E-state index is 13.0. The van der Waals surface area contributed by atoms with E-state index in [4.69, 9.17) is 10.2 Å². The summed E-state index contributed by atoms with van der Waals surface area (Å²) in [7, 11) is 0. The van der Waals surface area contributed by atoms with E-state index in [-0.39, 0.29) is 11.8 Å². The Morgan fingerprint density at radius 3 is 2.26 bits per heavy atom. The summed E-state index contributed by atoms with van der Waals surface area (Å²) in [6.45, 7) is 1.83. The fourth-order valence-electron chi connectivity index (χ4n) is 3.09. The van der Waals surface area contributed by atoms with Crippen LogP contribution in [-0.4, -0.2) is 52.8 Å². The highest BCUT2D eigenvalue weighted by Crippen LogP contribution is 2.31. The zero-order chi connectivity index (χ0) is 18.8. The first-order chi connectivity index (χ1) is 13.1. The lowest BCUT2D eigenvalue weighted by atomic mass is 10.1. The standard InChI is InChI=1S/C19H18N4O3S/c20-19-21-15(13-5-2-1-3-6-13)16(27-19)18(25)23-10-8-22(9-11-23)17(24)14-7-4-12-26-14/h1-7,12H,8-11H2,(H2,20,21). The van der Waals surface area contributed by atoms with Crippen molar-refractivity contribution in [3.63, 3.8) is 0 Å². The molecule has 7 nitrogen and oxygen atoms in total. The number of furan rings is 1. The van der Waals surface area contributed by atoms with Crippen molar-refractivity contribution in [3.8, 4) is 11.3 Å². The van der Waals surface area contributed by atoms with E-state index >= 15 is 0 Å². The van der Waals surface area contributed by atoms with Crippen LogP contribution in [0.4, 0.5) is 5.13 Å². The molecule has 1 aromatic carbocycles. The minimum Gasteiger partial charge on any atom is -0.459 e. The SMILES string of the molecule is Nc1nc(-c2ccccc2)c(C(=O)N2CCN(C(=O)c3ccco3)CC2)s1. The molecule has 1 aliphatic rings. The number of piperazine rings is 1. The van der Waals surface area contributed by atoms with Crippen LogP contribution in [0.15, 0.2) is 53.1 Å². The van der Waals surface area contributed by atoms with E-state index in [9.17, 15) is 9.59 Å². The Labute approximate surface area is 160 Å². The first kappa shape index (κ1) is 17.3. The molecular formula is C19H18N4O3S. The molecule has 0 radical (unpaired) electrons. The summed E-state index contributed by atoms with van der Waals surface area (Å²) in [5.41, 5.74) is 7.34. The molecule has 0 spiro atoms. The monoisotopic (exact) mass is 382 g/mol. The molecule has 3 aromatic rings. The van der Waals surface area contributed by atoms with E-state index in [1.807, 2.05) is 30.3 Å². The minimum absolute atomic E-state index is 0.104. The molecule has 1 saturated heterocycles. The lowest BCUT2D eigenvalue weighted by Crippen LogP contribution is -2.50. The van der Waals surface area contributed by atoms with Gasteiger partial charge in [0.2, 0.25) is 0 Å². The van der Waals surface area contributed by atoms with Crippen molar-refractivity contribution >= 4 is 28.3 Å². The van der Waals surface area contributed by atoms with E-state index < -0.39 is 0 Å². The van der Waals surface area contributed by atoms with E-state index in [2.05, 4.69) is 4.98 Å². The third-order valence-corrected chi connectivity index (χ3v) is 5.34. The number of benzene rings is 1. The summed E-state index contributed by atoms with van der Waals surface area (Å²) in [4.78, 5) is 33.7. The van der Waals surface area contributed by atoms with Crippen molar-refractivity contribution in [1.29, 1.82) is 0 Å². The number of thiazole rings is 1. The maximum Gasteiger partial charge on any atom is 0.289 e. The molecule has 3 heterocycles. The highest BCUT2D eigenvalue weighted by Gasteiger charge is 2.29. The van der Waals surface area contributed by atoms with E-state index in [0.717, 1.165) is 5.56 Å². The number of hydrogen-bond donors (Lipinski definition) is 1. The number of anilines is 1. The van der Waals surface area contributed by atoms with Gasteiger partial charge in [0, 0.05) is 31.7 Å². The molecule has 0 saturated carbocycles. The van der Waals surface area contributed by atoms with E-state index in [0.29, 0.717) is 47.6 Å². The molecule has 1 aliphatic heterocycles. The number of carbonyl (C=O) groups excluding carboxylic acids is 2. The summed E-state index contributed by atoms with van der Waals surface area (Å²) < 4.78 is 5.17. The summed E-state index contributed by atoms with van der Waals surface area (Å²) >= 11 is 1.20. The Kier molecular flexibility index (Phi) is 4.64. The molecule has 4 rings (SSSR count). The first-order valence-corrected chi connectivity index (χ1v) is 9.39. The Morgan fingerprint density at radius 2 is 1.63 bits per heavy atom. The van der Waals surface area contributed by atoms with Crippen molar-refractivity contribution in [2.24, 2.45) is 0 Å². The fourth-order valence-corrected chi connectivity index (χ4v) is 3.91. The Hall–Kier alpha value is -3.13. The third kappa shape index (κ3) is 3.43. The van der Waals surface area contributed by atoms with Crippen LogP contribution in [0.25, 0.3) is 11.3 Å². The number of aromatic nitrogens is 1.